The van der Waals surface area contributed by atoms with Gasteiger partial charge in [0.15, 0.2) is 0 Å². The number of pyridine rings is 1. The quantitative estimate of drug-likeness (QED) is 0.835. The van der Waals surface area contributed by atoms with Crippen LogP contribution in [0, 0.1) is 6.92 Å². The van der Waals surface area contributed by atoms with Crippen LogP contribution in [0.2, 0.25) is 5.15 Å². The molecule has 0 bridgehead atoms. The number of nitrogens with zero attached hydrogens (tertiary/aromatic N) is 1. The first kappa shape index (κ1) is 12.4. The lowest BCUT2D eigenvalue weighted by atomic mass is 10.2. The number of halogens is 1. The lowest BCUT2D eigenvalue weighted by Crippen LogP contribution is -2.14. The Morgan fingerprint density at radius 1 is 1.28 bits per heavy atom. The molecule has 1 aromatic heterocycles. The maximum Gasteiger partial charge on any atom is 0.252 e. The van der Waals surface area contributed by atoms with Crippen molar-refractivity contribution in [1.29, 1.82) is 0 Å². The van der Waals surface area contributed by atoms with E-state index >= 15 is 0 Å². The van der Waals surface area contributed by atoms with Gasteiger partial charge in [0.25, 0.3) is 5.91 Å². The molecular formula is C13H12ClN3O. The molecule has 0 radical (unpaired) electrons. The topological polar surface area (TPSA) is 68.0 Å². The molecule has 1 heterocycles. The van der Waals surface area contributed by atoms with Crippen LogP contribution >= 0.6 is 11.6 Å². The van der Waals surface area contributed by atoms with Crippen molar-refractivity contribution in [2.45, 2.75) is 6.92 Å². The molecule has 2 rings (SSSR count). The molecule has 2 aromatic rings. The van der Waals surface area contributed by atoms with E-state index in [1.165, 1.54) is 6.07 Å². The van der Waals surface area contributed by atoms with E-state index in [4.69, 9.17) is 17.3 Å². The molecule has 0 aliphatic carbocycles. The fraction of sp³-hybridized carbons (Fsp3) is 0.0769. The first-order chi connectivity index (χ1) is 8.58. The summed E-state index contributed by atoms with van der Waals surface area (Å²) in [6.07, 6.45) is 0. The molecule has 92 valence electrons. The summed E-state index contributed by atoms with van der Waals surface area (Å²) in [6, 6.07) is 10.8. The van der Waals surface area contributed by atoms with Crippen LogP contribution in [0.5, 0.6) is 0 Å². The molecule has 5 heteroatoms. The molecule has 3 N–H and O–H groups in total. The van der Waals surface area contributed by atoms with Crippen molar-refractivity contribution in [2.75, 3.05) is 5.32 Å². The van der Waals surface area contributed by atoms with Gasteiger partial charge in [-0.05, 0) is 30.7 Å². The average Bonchev–Trinajstić information content (AvgIpc) is 2.32. The number of carbonyl (C=O) groups is 1. The van der Waals surface area contributed by atoms with E-state index in [1.807, 2.05) is 31.2 Å². The van der Waals surface area contributed by atoms with Gasteiger partial charge in [-0.2, -0.15) is 0 Å². The monoisotopic (exact) mass is 261 g/mol. The number of hydrogen-bond donors (Lipinski definition) is 2. The van der Waals surface area contributed by atoms with Gasteiger partial charge in [0.05, 0.1) is 5.56 Å². The van der Waals surface area contributed by atoms with Crippen molar-refractivity contribution >= 4 is 29.0 Å². The molecule has 0 spiro atoms. The van der Waals surface area contributed by atoms with Gasteiger partial charge < -0.3 is 11.1 Å². The number of aryl methyl sites for hydroxylation is 1. The molecule has 1 amide bonds. The number of aromatic nitrogens is 1. The van der Waals surface area contributed by atoms with Crippen LogP contribution in [0.3, 0.4) is 0 Å². The van der Waals surface area contributed by atoms with E-state index in [1.54, 1.807) is 6.07 Å². The minimum atomic E-state index is -0.546. The second kappa shape index (κ2) is 5.06. The molecule has 0 aliphatic rings. The number of nitrogens with one attached hydrogen (secondary N) is 1. The van der Waals surface area contributed by atoms with Crippen LogP contribution in [0.25, 0.3) is 0 Å². The standard InChI is InChI=1S/C13H12ClN3O/c1-8-4-2-3-5-10(8)16-13-9(12(15)18)6-7-11(14)17-13/h2-7H,1H3,(H2,15,18)(H,16,17). The maximum atomic E-state index is 11.3. The van der Waals surface area contributed by atoms with Gasteiger partial charge in [-0.1, -0.05) is 29.8 Å². The highest BCUT2D eigenvalue weighted by Gasteiger charge is 2.11. The highest BCUT2D eigenvalue weighted by Crippen LogP contribution is 2.23. The number of carbonyl (C=O) groups excluding carboxylic acids is 1. The summed E-state index contributed by atoms with van der Waals surface area (Å²) in [5, 5.41) is 3.37. The minimum Gasteiger partial charge on any atom is -0.365 e. The highest BCUT2D eigenvalue weighted by molar-refractivity contribution is 6.29. The molecule has 1 aromatic carbocycles. The fourth-order valence-electron chi connectivity index (χ4n) is 1.57. The Morgan fingerprint density at radius 3 is 2.67 bits per heavy atom. The Hall–Kier alpha value is -2.07. The van der Waals surface area contributed by atoms with Crippen molar-refractivity contribution in [2.24, 2.45) is 5.73 Å². The molecule has 0 atom stereocenters. The normalized spacial score (nSPS) is 10.1. The number of amides is 1. The zero-order valence-electron chi connectivity index (χ0n) is 9.77. The molecule has 0 saturated carbocycles. The molecule has 4 nitrogen and oxygen atoms in total. The van der Waals surface area contributed by atoms with Crippen LogP contribution in [0.4, 0.5) is 11.5 Å². The van der Waals surface area contributed by atoms with Crippen LogP contribution in [0.15, 0.2) is 36.4 Å². The van der Waals surface area contributed by atoms with E-state index in [2.05, 4.69) is 10.3 Å². The number of rotatable bonds is 3. The summed E-state index contributed by atoms with van der Waals surface area (Å²) in [6.45, 7) is 1.96. The average molecular weight is 262 g/mol. The lowest BCUT2D eigenvalue weighted by molar-refractivity contribution is 0.100. The summed E-state index contributed by atoms with van der Waals surface area (Å²) < 4.78 is 0. The van der Waals surface area contributed by atoms with E-state index in [9.17, 15) is 4.79 Å². The number of anilines is 2. The zero-order chi connectivity index (χ0) is 13.1. The summed E-state index contributed by atoms with van der Waals surface area (Å²) >= 11 is 5.82. The number of primary amides is 1. The summed E-state index contributed by atoms with van der Waals surface area (Å²) in [5.74, 6) is -0.181. The Bertz CT molecular complexity index is 599. The molecular weight excluding hydrogens is 250 g/mol. The smallest absolute Gasteiger partial charge is 0.252 e. The van der Waals surface area contributed by atoms with Gasteiger partial charge in [0.2, 0.25) is 0 Å². The largest absolute Gasteiger partial charge is 0.365 e. The zero-order valence-corrected chi connectivity index (χ0v) is 10.5. The second-order valence-electron chi connectivity index (χ2n) is 3.83. The molecule has 0 fully saturated rings. The fourth-order valence-corrected chi connectivity index (χ4v) is 1.72. The lowest BCUT2D eigenvalue weighted by Gasteiger charge is -2.11. The van der Waals surface area contributed by atoms with Crippen molar-refractivity contribution in [1.82, 2.24) is 4.98 Å². The van der Waals surface area contributed by atoms with Gasteiger partial charge in [0.1, 0.15) is 11.0 Å². The Labute approximate surface area is 110 Å². The van der Waals surface area contributed by atoms with Crippen LogP contribution in [0.1, 0.15) is 15.9 Å². The Morgan fingerprint density at radius 2 is 2.00 bits per heavy atom. The second-order valence-corrected chi connectivity index (χ2v) is 4.22. The molecule has 0 saturated heterocycles. The van der Waals surface area contributed by atoms with Crippen LogP contribution in [-0.4, -0.2) is 10.9 Å². The van der Waals surface area contributed by atoms with E-state index in [0.717, 1.165) is 11.3 Å². The summed E-state index contributed by atoms with van der Waals surface area (Å²) in [4.78, 5) is 15.4. The van der Waals surface area contributed by atoms with Crippen molar-refractivity contribution in [3.05, 3.63) is 52.7 Å². The molecule has 0 unspecified atom stereocenters. The van der Waals surface area contributed by atoms with E-state index in [-0.39, 0.29) is 0 Å². The molecule has 0 aliphatic heterocycles. The third-order valence-corrected chi connectivity index (χ3v) is 2.74. The van der Waals surface area contributed by atoms with E-state index < -0.39 is 5.91 Å². The highest BCUT2D eigenvalue weighted by atomic mass is 35.5. The molecule has 18 heavy (non-hydrogen) atoms. The van der Waals surface area contributed by atoms with Crippen molar-refractivity contribution in [3.8, 4) is 0 Å². The first-order valence-corrected chi connectivity index (χ1v) is 5.74. The third-order valence-electron chi connectivity index (χ3n) is 2.52. The van der Waals surface area contributed by atoms with Gasteiger partial charge in [-0.3, -0.25) is 4.79 Å². The van der Waals surface area contributed by atoms with Gasteiger partial charge in [-0.25, -0.2) is 4.98 Å². The van der Waals surface area contributed by atoms with E-state index in [0.29, 0.717) is 16.5 Å². The number of benzene rings is 1. The summed E-state index contributed by atoms with van der Waals surface area (Å²) in [7, 11) is 0. The maximum absolute atomic E-state index is 11.3. The number of nitrogens with two attached hydrogens (primary N) is 1. The SMILES string of the molecule is Cc1ccccc1Nc1nc(Cl)ccc1C(N)=O. The van der Waals surface area contributed by atoms with Gasteiger partial charge >= 0.3 is 0 Å². The Balaban J connectivity index is 2.42. The van der Waals surface area contributed by atoms with Crippen molar-refractivity contribution < 1.29 is 4.79 Å². The predicted molar refractivity (Wildman–Crippen MR) is 72.2 cm³/mol. The van der Waals surface area contributed by atoms with Gasteiger partial charge in [-0.15, -0.1) is 0 Å². The summed E-state index contributed by atoms with van der Waals surface area (Å²) in [5.41, 5.74) is 7.50. The third kappa shape index (κ3) is 2.60. The number of hydrogen-bond acceptors (Lipinski definition) is 3. The van der Waals surface area contributed by atoms with Crippen molar-refractivity contribution in [3.63, 3.8) is 0 Å². The van der Waals surface area contributed by atoms with Crippen LogP contribution < -0.4 is 11.1 Å². The van der Waals surface area contributed by atoms with Crippen LogP contribution in [-0.2, 0) is 0 Å². The predicted octanol–water partition coefficient (Wildman–Crippen LogP) is 2.89. The number of para-hydroxylation sites is 1. The Kier molecular flexibility index (Phi) is 3.48. The van der Waals surface area contributed by atoms with Gasteiger partial charge in [0, 0.05) is 5.69 Å². The minimum absolute atomic E-state index is 0.302. The first-order valence-electron chi connectivity index (χ1n) is 5.37.